The van der Waals surface area contributed by atoms with E-state index in [1.54, 1.807) is 0 Å². The minimum Gasteiger partial charge on any atom is -0.390 e. The molecule has 0 bridgehead atoms. The Balaban J connectivity index is 3.44. The summed E-state index contributed by atoms with van der Waals surface area (Å²) in [7, 11) is 0. The minimum atomic E-state index is -3.74. The summed E-state index contributed by atoms with van der Waals surface area (Å²) < 4.78 is 42.3. The van der Waals surface area contributed by atoms with Crippen molar-refractivity contribution in [3.05, 3.63) is 34.1 Å². The molecular formula is C12H12Br2F3NO2. The lowest BCUT2D eigenvalue weighted by Gasteiger charge is -2.37. The van der Waals surface area contributed by atoms with Crippen molar-refractivity contribution in [2.75, 3.05) is 11.9 Å². The van der Waals surface area contributed by atoms with Crippen LogP contribution in [-0.2, 0) is 10.3 Å². The van der Waals surface area contributed by atoms with Gasteiger partial charge in [-0.3, -0.25) is 4.79 Å². The summed E-state index contributed by atoms with van der Waals surface area (Å²) in [5, 5.41) is 10.7. The molecule has 3 nitrogen and oxygen atoms in total. The van der Waals surface area contributed by atoms with Crippen LogP contribution in [0.5, 0.6) is 0 Å². The Morgan fingerprint density at radius 3 is 2.55 bits per heavy atom. The van der Waals surface area contributed by atoms with Crippen LogP contribution in [0.3, 0.4) is 0 Å². The summed E-state index contributed by atoms with van der Waals surface area (Å²) in [6, 6.07) is 3.50. The number of carbonyl (C=O) groups excluding carboxylic acids is 1. The number of amides is 1. The van der Waals surface area contributed by atoms with Gasteiger partial charge in [0.25, 0.3) is 5.92 Å². The molecule has 0 spiro atoms. The van der Waals surface area contributed by atoms with Gasteiger partial charge in [0.1, 0.15) is 18.0 Å². The number of rotatable bonds is 5. The molecule has 1 rings (SSSR count). The molecule has 112 valence electrons. The van der Waals surface area contributed by atoms with Gasteiger partial charge in [-0.2, -0.15) is 0 Å². The molecule has 0 aliphatic heterocycles. The Morgan fingerprint density at radius 1 is 1.45 bits per heavy atom. The Morgan fingerprint density at radius 2 is 2.05 bits per heavy atom. The van der Waals surface area contributed by atoms with E-state index in [1.807, 2.05) is 0 Å². The normalized spacial score (nSPS) is 14.8. The molecule has 1 atom stereocenters. The largest absolute Gasteiger partial charge is 0.390 e. The molecule has 1 amide bonds. The predicted octanol–water partition coefficient (Wildman–Crippen LogP) is 2.94. The fourth-order valence-corrected chi connectivity index (χ4v) is 2.21. The van der Waals surface area contributed by atoms with Gasteiger partial charge in [0.15, 0.2) is 0 Å². The summed E-state index contributed by atoms with van der Waals surface area (Å²) in [5.74, 6) is -5.40. The maximum Gasteiger partial charge on any atom is 0.297 e. The van der Waals surface area contributed by atoms with E-state index < -0.39 is 35.4 Å². The molecule has 0 aliphatic rings. The van der Waals surface area contributed by atoms with Crippen molar-refractivity contribution in [3.8, 4) is 0 Å². The third-order valence-electron chi connectivity index (χ3n) is 2.91. The quantitative estimate of drug-likeness (QED) is 0.722. The molecule has 0 saturated heterocycles. The number of hydrogen-bond donors (Lipinski definition) is 2. The first-order chi connectivity index (χ1) is 9.17. The third-order valence-corrected chi connectivity index (χ3v) is 3.91. The van der Waals surface area contributed by atoms with Gasteiger partial charge in [-0.25, -0.2) is 13.2 Å². The number of benzene rings is 1. The Labute approximate surface area is 130 Å². The lowest BCUT2D eigenvalue weighted by atomic mass is 9.85. The maximum absolute atomic E-state index is 14.0. The average Bonchev–Trinajstić information content (AvgIpc) is 2.40. The fraction of sp³-hybridized carbons (Fsp3) is 0.417. The number of aliphatic hydroxyl groups is 1. The first kappa shape index (κ1) is 17.5. The van der Waals surface area contributed by atoms with Crippen molar-refractivity contribution in [1.29, 1.82) is 0 Å². The second kappa shape index (κ2) is 6.44. The van der Waals surface area contributed by atoms with E-state index in [1.165, 1.54) is 6.07 Å². The molecule has 0 saturated carbocycles. The highest BCUT2D eigenvalue weighted by atomic mass is 79.9. The minimum absolute atomic E-state index is 0.222. The van der Waals surface area contributed by atoms with Crippen molar-refractivity contribution in [1.82, 2.24) is 5.32 Å². The highest BCUT2D eigenvalue weighted by molar-refractivity contribution is 9.10. The molecule has 20 heavy (non-hydrogen) atoms. The van der Waals surface area contributed by atoms with Crippen LogP contribution in [-0.4, -0.2) is 28.9 Å². The molecule has 1 aromatic rings. The van der Waals surface area contributed by atoms with E-state index in [0.29, 0.717) is 4.47 Å². The number of aliphatic hydroxyl groups excluding tert-OH is 1. The number of carbonyl (C=O) groups is 1. The first-order valence-electron chi connectivity index (χ1n) is 5.49. The lowest BCUT2D eigenvalue weighted by Crippen LogP contribution is -2.58. The van der Waals surface area contributed by atoms with Gasteiger partial charge in [0, 0.05) is 10.0 Å². The van der Waals surface area contributed by atoms with Crippen molar-refractivity contribution in [2.45, 2.75) is 18.4 Å². The Kier molecular flexibility index (Phi) is 5.62. The number of halogens is 5. The molecular weight excluding hydrogens is 407 g/mol. The summed E-state index contributed by atoms with van der Waals surface area (Å²) >= 11 is 5.90. The molecule has 8 heteroatoms. The van der Waals surface area contributed by atoms with Gasteiger partial charge < -0.3 is 10.4 Å². The van der Waals surface area contributed by atoms with Crippen LogP contribution in [0.15, 0.2) is 22.7 Å². The molecule has 0 unspecified atom stereocenters. The molecule has 0 aromatic heterocycles. The van der Waals surface area contributed by atoms with E-state index in [0.717, 1.165) is 19.1 Å². The summed E-state index contributed by atoms with van der Waals surface area (Å²) in [6.07, 6.45) is 0. The van der Waals surface area contributed by atoms with E-state index in [-0.39, 0.29) is 5.33 Å². The van der Waals surface area contributed by atoms with E-state index in [2.05, 4.69) is 37.2 Å². The summed E-state index contributed by atoms with van der Waals surface area (Å²) in [5.41, 5.74) is -2.79. The topological polar surface area (TPSA) is 49.3 Å². The van der Waals surface area contributed by atoms with Crippen LogP contribution in [0, 0.1) is 5.82 Å². The maximum atomic E-state index is 14.0. The molecule has 0 heterocycles. The molecule has 0 fully saturated rings. The molecule has 2 N–H and O–H groups in total. The van der Waals surface area contributed by atoms with Gasteiger partial charge in [0.05, 0.1) is 5.33 Å². The van der Waals surface area contributed by atoms with Crippen LogP contribution in [0.4, 0.5) is 13.2 Å². The van der Waals surface area contributed by atoms with Gasteiger partial charge in [-0.1, -0.05) is 31.9 Å². The van der Waals surface area contributed by atoms with Crippen LogP contribution >= 0.6 is 31.9 Å². The fourth-order valence-electron chi connectivity index (χ4n) is 1.71. The van der Waals surface area contributed by atoms with E-state index in [9.17, 15) is 18.0 Å². The Bertz CT molecular complexity index is 513. The van der Waals surface area contributed by atoms with Gasteiger partial charge in [-0.05, 0) is 25.1 Å². The number of hydrogen-bond acceptors (Lipinski definition) is 2. The smallest absolute Gasteiger partial charge is 0.297 e. The van der Waals surface area contributed by atoms with E-state index >= 15 is 0 Å². The summed E-state index contributed by atoms with van der Waals surface area (Å²) in [4.78, 5) is 11.5. The van der Waals surface area contributed by atoms with Crippen LogP contribution in [0.2, 0.25) is 0 Å². The third kappa shape index (κ3) is 3.35. The zero-order chi connectivity index (χ0) is 15.6. The number of alkyl halides is 3. The van der Waals surface area contributed by atoms with E-state index in [4.69, 9.17) is 5.11 Å². The lowest BCUT2D eigenvalue weighted by molar-refractivity contribution is -0.141. The predicted molar refractivity (Wildman–Crippen MR) is 75.4 cm³/mol. The average molecular weight is 419 g/mol. The van der Waals surface area contributed by atoms with Crippen molar-refractivity contribution in [2.24, 2.45) is 0 Å². The Hall–Kier alpha value is -0.600. The summed E-state index contributed by atoms with van der Waals surface area (Å²) in [6.45, 7) is -0.563. The highest BCUT2D eigenvalue weighted by Crippen LogP contribution is 2.39. The second-order valence-electron chi connectivity index (χ2n) is 4.29. The zero-order valence-electron chi connectivity index (χ0n) is 10.4. The van der Waals surface area contributed by atoms with Crippen LogP contribution in [0.1, 0.15) is 12.5 Å². The van der Waals surface area contributed by atoms with Gasteiger partial charge >= 0.3 is 0 Å². The van der Waals surface area contributed by atoms with Gasteiger partial charge in [-0.15, -0.1) is 0 Å². The zero-order valence-corrected chi connectivity index (χ0v) is 13.6. The van der Waals surface area contributed by atoms with Crippen molar-refractivity contribution < 1.29 is 23.1 Å². The standard InChI is InChI=1S/C12H12Br2F3NO2/c1-11(12(16,17)6-19,18-10(20)5-13)8-4-7(14)2-3-9(8)15/h2-4,19H,5-6H2,1H3,(H,18,20)/t11-/m1/s1. The second-order valence-corrected chi connectivity index (χ2v) is 5.77. The monoisotopic (exact) mass is 417 g/mol. The molecule has 0 radical (unpaired) electrons. The SMILES string of the molecule is C[C@@](NC(=O)CBr)(c1cc(Br)ccc1F)C(F)(F)CO. The molecule has 1 aromatic carbocycles. The van der Waals surface area contributed by atoms with Crippen molar-refractivity contribution >= 4 is 37.8 Å². The first-order valence-corrected chi connectivity index (χ1v) is 7.40. The van der Waals surface area contributed by atoms with Crippen molar-refractivity contribution in [3.63, 3.8) is 0 Å². The van der Waals surface area contributed by atoms with Gasteiger partial charge in [0.2, 0.25) is 5.91 Å². The highest BCUT2D eigenvalue weighted by Gasteiger charge is 2.53. The van der Waals surface area contributed by atoms with Crippen LogP contribution < -0.4 is 5.32 Å². The molecule has 0 aliphatic carbocycles. The van der Waals surface area contributed by atoms with Crippen LogP contribution in [0.25, 0.3) is 0 Å². The number of nitrogens with one attached hydrogen (secondary N) is 1.